The van der Waals surface area contributed by atoms with E-state index in [4.69, 9.17) is 0 Å². The molecule has 0 saturated carbocycles. The van der Waals surface area contributed by atoms with Crippen LogP contribution in [0.15, 0.2) is 11.6 Å². The molecule has 0 aromatic carbocycles. The van der Waals surface area contributed by atoms with Gasteiger partial charge in [0.15, 0.2) is 5.78 Å². The smallest absolute Gasteiger partial charge is 0.152 e. The molecule has 0 spiro atoms. The lowest BCUT2D eigenvalue weighted by atomic mass is 10.2. The van der Waals surface area contributed by atoms with E-state index in [9.17, 15) is 4.79 Å². The molecule has 0 radical (unpaired) electrons. The fourth-order valence-corrected chi connectivity index (χ4v) is 1.92. The summed E-state index contributed by atoms with van der Waals surface area (Å²) in [5.41, 5.74) is 1.31. The molecule has 1 aliphatic heterocycles. The Balaban J connectivity index is 2.49. The number of allylic oxidation sites excluding steroid dienone is 1. The van der Waals surface area contributed by atoms with E-state index in [2.05, 4.69) is 0 Å². The van der Waals surface area contributed by atoms with E-state index in [0.29, 0.717) is 0 Å². The largest absolute Gasteiger partial charge is 0.295 e. The monoisotopic (exact) mass is 142 g/mol. The van der Waals surface area contributed by atoms with Gasteiger partial charge < -0.3 is 0 Å². The number of hydrogen-bond donors (Lipinski definition) is 0. The zero-order chi connectivity index (χ0) is 6.69. The molecular formula is C7H10OS. The van der Waals surface area contributed by atoms with Gasteiger partial charge in [0.1, 0.15) is 0 Å². The Bertz CT molecular complexity index is 141. The molecule has 9 heavy (non-hydrogen) atoms. The highest BCUT2D eigenvalue weighted by Crippen LogP contribution is 2.21. The summed E-state index contributed by atoms with van der Waals surface area (Å²) < 4.78 is 0. The highest BCUT2D eigenvalue weighted by Gasteiger charge is 2.06. The fourth-order valence-electron chi connectivity index (χ4n) is 0.880. The maximum Gasteiger partial charge on any atom is 0.152 e. The van der Waals surface area contributed by atoms with Gasteiger partial charge in [0.25, 0.3) is 0 Å². The van der Waals surface area contributed by atoms with Crippen molar-refractivity contribution in [1.29, 1.82) is 0 Å². The van der Waals surface area contributed by atoms with Gasteiger partial charge in [-0.1, -0.05) is 5.57 Å². The Morgan fingerprint density at radius 2 is 2.56 bits per heavy atom. The van der Waals surface area contributed by atoms with E-state index < -0.39 is 0 Å². The first-order valence-electron chi connectivity index (χ1n) is 3.07. The molecule has 1 saturated heterocycles. The Labute approximate surface area is 59.5 Å². The molecule has 0 unspecified atom stereocenters. The Kier molecular flexibility index (Phi) is 2.34. The van der Waals surface area contributed by atoms with E-state index in [0.717, 1.165) is 12.2 Å². The highest BCUT2D eigenvalue weighted by atomic mass is 32.2. The summed E-state index contributed by atoms with van der Waals surface area (Å²) >= 11 is 1.90. The third kappa shape index (κ3) is 2.22. The molecule has 1 nitrogen and oxygen atoms in total. The summed E-state index contributed by atoms with van der Waals surface area (Å²) in [4.78, 5) is 10.5. The summed E-state index contributed by atoms with van der Waals surface area (Å²) in [5.74, 6) is 2.45. The van der Waals surface area contributed by atoms with Crippen molar-refractivity contribution in [3.63, 3.8) is 0 Å². The fraction of sp³-hybridized carbons (Fsp3) is 0.571. The highest BCUT2D eigenvalue weighted by molar-refractivity contribution is 7.99. The first kappa shape index (κ1) is 6.87. The molecule has 0 amide bonds. The molecule has 0 aromatic rings. The van der Waals surface area contributed by atoms with E-state index in [1.54, 1.807) is 13.0 Å². The Hall–Kier alpha value is -0.240. The van der Waals surface area contributed by atoms with Gasteiger partial charge in [0, 0.05) is 5.75 Å². The number of rotatable bonds is 1. The van der Waals surface area contributed by atoms with Crippen molar-refractivity contribution in [2.75, 3.05) is 11.5 Å². The standard InChI is InChI=1S/C7H10OS/c1-6(8)4-7-2-3-9-5-7/h4H,2-3,5H2,1H3. The van der Waals surface area contributed by atoms with Crippen molar-refractivity contribution in [2.45, 2.75) is 13.3 Å². The van der Waals surface area contributed by atoms with Gasteiger partial charge in [0.05, 0.1) is 0 Å². The maximum atomic E-state index is 10.5. The molecular weight excluding hydrogens is 132 g/mol. The second kappa shape index (κ2) is 3.06. The summed E-state index contributed by atoms with van der Waals surface area (Å²) in [5, 5.41) is 0. The third-order valence-electron chi connectivity index (χ3n) is 1.26. The molecule has 50 valence electrons. The van der Waals surface area contributed by atoms with Gasteiger partial charge in [-0.05, 0) is 25.2 Å². The van der Waals surface area contributed by atoms with Crippen molar-refractivity contribution in [1.82, 2.24) is 0 Å². The van der Waals surface area contributed by atoms with Crippen LogP contribution in [0.25, 0.3) is 0 Å². The van der Waals surface area contributed by atoms with E-state index >= 15 is 0 Å². The second-order valence-electron chi connectivity index (χ2n) is 2.22. The van der Waals surface area contributed by atoms with Gasteiger partial charge >= 0.3 is 0 Å². The maximum absolute atomic E-state index is 10.5. The van der Waals surface area contributed by atoms with Crippen LogP contribution < -0.4 is 0 Å². The molecule has 0 atom stereocenters. The van der Waals surface area contributed by atoms with Crippen molar-refractivity contribution in [3.8, 4) is 0 Å². The van der Waals surface area contributed by atoms with Gasteiger partial charge in [-0.3, -0.25) is 4.79 Å². The molecule has 1 aliphatic rings. The van der Waals surface area contributed by atoms with Crippen LogP contribution in [0.2, 0.25) is 0 Å². The first-order chi connectivity index (χ1) is 4.29. The third-order valence-corrected chi connectivity index (χ3v) is 2.33. The number of ketones is 1. The van der Waals surface area contributed by atoms with Gasteiger partial charge in [-0.2, -0.15) is 11.8 Å². The van der Waals surface area contributed by atoms with Crippen molar-refractivity contribution in [2.24, 2.45) is 0 Å². The number of thioether (sulfide) groups is 1. The first-order valence-corrected chi connectivity index (χ1v) is 4.22. The van der Waals surface area contributed by atoms with Crippen LogP contribution >= 0.6 is 11.8 Å². The number of hydrogen-bond acceptors (Lipinski definition) is 2. The normalized spacial score (nSPS) is 23.0. The summed E-state index contributed by atoms with van der Waals surface area (Å²) in [6.45, 7) is 1.61. The van der Waals surface area contributed by atoms with E-state index in [-0.39, 0.29) is 5.78 Å². The molecule has 0 bridgehead atoms. The minimum absolute atomic E-state index is 0.188. The van der Waals surface area contributed by atoms with Gasteiger partial charge in [-0.25, -0.2) is 0 Å². The lowest BCUT2D eigenvalue weighted by Gasteiger charge is -1.87. The van der Waals surface area contributed by atoms with Crippen molar-refractivity contribution < 1.29 is 4.79 Å². The molecule has 0 N–H and O–H groups in total. The lowest BCUT2D eigenvalue weighted by molar-refractivity contribution is -0.112. The molecule has 0 aromatic heterocycles. The lowest BCUT2D eigenvalue weighted by Crippen LogP contribution is -1.86. The topological polar surface area (TPSA) is 17.1 Å². The molecule has 0 aliphatic carbocycles. The summed E-state index contributed by atoms with van der Waals surface area (Å²) in [7, 11) is 0. The van der Waals surface area contributed by atoms with Crippen molar-refractivity contribution in [3.05, 3.63) is 11.6 Å². The predicted octanol–water partition coefficient (Wildman–Crippen LogP) is 1.64. The van der Waals surface area contributed by atoms with Gasteiger partial charge in [-0.15, -0.1) is 0 Å². The van der Waals surface area contributed by atoms with Crippen LogP contribution in [0.3, 0.4) is 0 Å². The summed E-state index contributed by atoms with van der Waals surface area (Å²) in [6, 6.07) is 0. The Morgan fingerprint density at radius 1 is 1.78 bits per heavy atom. The van der Waals surface area contributed by atoms with Crippen LogP contribution in [-0.2, 0) is 4.79 Å². The Morgan fingerprint density at radius 3 is 3.00 bits per heavy atom. The zero-order valence-corrected chi connectivity index (χ0v) is 6.33. The SMILES string of the molecule is CC(=O)C=C1CCSC1. The van der Waals surface area contributed by atoms with E-state index in [1.165, 1.54) is 11.3 Å². The quantitative estimate of drug-likeness (QED) is 0.518. The average Bonchev–Trinajstić information content (AvgIpc) is 2.15. The molecule has 1 fully saturated rings. The average molecular weight is 142 g/mol. The number of carbonyl (C=O) groups excluding carboxylic acids is 1. The second-order valence-corrected chi connectivity index (χ2v) is 3.32. The minimum atomic E-state index is 0.188. The molecule has 1 rings (SSSR count). The number of carbonyl (C=O) groups is 1. The van der Waals surface area contributed by atoms with Crippen LogP contribution in [0, 0.1) is 0 Å². The summed E-state index contributed by atoms with van der Waals surface area (Å²) in [6.07, 6.45) is 2.88. The van der Waals surface area contributed by atoms with Crippen LogP contribution in [0.1, 0.15) is 13.3 Å². The van der Waals surface area contributed by atoms with E-state index in [1.807, 2.05) is 11.8 Å². The van der Waals surface area contributed by atoms with Gasteiger partial charge in [0.2, 0.25) is 0 Å². The van der Waals surface area contributed by atoms with Crippen LogP contribution in [-0.4, -0.2) is 17.3 Å². The van der Waals surface area contributed by atoms with Crippen LogP contribution in [0.4, 0.5) is 0 Å². The molecule has 1 heterocycles. The van der Waals surface area contributed by atoms with Crippen molar-refractivity contribution >= 4 is 17.5 Å². The zero-order valence-electron chi connectivity index (χ0n) is 5.52. The predicted molar refractivity (Wildman–Crippen MR) is 40.7 cm³/mol. The molecule has 2 heteroatoms. The van der Waals surface area contributed by atoms with Crippen LogP contribution in [0.5, 0.6) is 0 Å². The minimum Gasteiger partial charge on any atom is -0.295 e.